The van der Waals surface area contributed by atoms with E-state index in [2.05, 4.69) is 4.74 Å². The fourth-order valence-corrected chi connectivity index (χ4v) is 1.22. The minimum Gasteiger partial charge on any atom is -0.449 e. The zero-order valence-corrected chi connectivity index (χ0v) is 8.82. The molecule has 0 amide bonds. The Morgan fingerprint density at radius 2 is 1.71 bits per heavy atom. The van der Waals surface area contributed by atoms with Crippen molar-refractivity contribution in [3.8, 4) is 0 Å². The number of benzene rings is 1. The Hall–Kier alpha value is -1.85. The maximum Gasteiger partial charge on any atom is 0.454 e. The van der Waals surface area contributed by atoms with Gasteiger partial charge in [-0.05, 0) is 0 Å². The van der Waals surface area contributed by atoms with E-state index in [1.807, 2.05) is 0 Å². The molecule has 1 unspecified atom stereocenters. The number of esters is 1. The third-order valence-corrected chi connectivity index (χ3v) is 1.90. The van der Waals surface area contributed by atoms with E-state index in [1.54, 1.807) is 6.07 Å². The van der Waals surface area contributed by atoms with Crippen LogP contribution in [0.5, 0.6) is 0 Å². The third-order valence-electron chi connectivity index (χ3n) is 1.90. The van der Waals surface area contributed by atoms with E-state index in [0.29, 0.717) is 0 Å². The lowest BCUT2D eigenvalue weighted by Crippen LogP contribution is -2.31. The van der Waals surface area contributed by atoms with Gasteiger partial charge in [-0.1, -0.05) is 30.3 Å². The van der Waals surface area contributed by atoms with Gasteiger partial charge in [-0.25, -0.2) is 0 Å². The van der Waals surface area contributed by atoms with E-state index in [4.69, 9.17) is 0 Å². The second-order valence-corrected chi connectivity index (χ2v) is 3.26. The molecule has 1 aromatic carbocycles. The van der Waals surface area contributed by atoms with Gasteiger partial charge in [-0.15, -0.1) is 0 Å². The number of ketones is 1. The number of Topliss-reactive ketones (excluding diaryl/α,β-unsaturated/α-hetero) is 1. The maximum atomic E-state index is 12.3. The Kier molecular flexibility index (Phi) is 3.88. The summed E-state index contributed by atoms with van der Waals surface area (Å²) in [5.41, 5.74) is -0.00924. The van der Waals surface area contributed by atoms with Gasteiger partial charge in [0.1, 0.15) is 0 Å². The Labute approximate surface area is 95.2 Å². The number of alkyl halides is 3. The zero-order chi connectivity index (χ0) is 13.1. The molecular weight excluding hydrogens is 237 g/mol. The molecule has 0 fully saturated rings. The monoisotopic (exact) mass is 246 g/mol. The van der Waals surface area contributed by atoms with E-state index < -0.39 is 24.0 Å². The van der Waals surface area contributed by atoms with Crippen LogP contribution in [0.15, 0.2) is 30.3 Å². The molecule has 92 valence electrons. The molecule has 0 saturated carbocycles. The molecule has 0 N–H and O–H groups in total. The summed E-state index contributed by atoms with van der Waals surface area (Å²) < 4.78 is 41.3. The SMILES string of the molecule is CC(=O)OC(C(=O)C(F)(F)F)c1ccccc1. The second kappa shape index (κ2) is 4.99. The first-order valence-corrected chi connectivity index (χ1v) is 4.65. The highest BCUT2D eigenvalue weighted by Gasteiger charge is 2.45. The molecular formula is C11H9F3O3. The molecule has 0 radical (unpaired) electrons. The summed E-state index contributed by atoms with van der Waals surface area (Å²) >= 11 is 0. The van der Waals surface area contributed by atoms with E-state index in [1.165, 1.54) is 24.3 Å². The average molecular weight is 246 g/mol. The summed E-state index contributed by atoms with van der Waals surface area (Å²) in [6.07, 6.45) is -6.98. The van der Waals surface area contributed by atoms with Crippen molar-refractivity contribution in [3.63, 3.8) is 0 Å². The van der Waals surface area contributed by atoms with E-state index in [0.717, 1.165) is 6.92 Å². The van der Waals surface area contributed by atoms with Gasteiger partial charge < -0.3 is 4.74 Å². The largest absolute Gasteiger partial charge is 0.454 e. The minimum atomic E-state index is -5.05. The molecule has 6 heteroatoms. The number of hydrogen-bond donors (Lipinski definition) is 0. The van der Waals surface area contributed by atoms with Gasteiger partial charge in [0.25, 0.3) is 5.78 Å². The van der Waals surface area contributed by atoms with Crippen LogP contribution in [0.25, 0.3) is 0 Å². The van der Waals surface area contributed by atoms with E-state index in [9.17, 15) is 22.8 Å². The van der Waals surface area contributed by atoms with Crippen LogP contribution in [0.3, 0.4) is 0 Å². The van der Waals surface area contributed by atoms with Gasteiger partial charge in [0.05, 0.1) is 0 Å². The highest BCUT2D eigenvalue weighted by molar-refractivity contribution is 5.90. The molecule has 0 spiro atoms. The van der Waals surface area contributed by atoms with Gasteiger partial charge in [0, 0.05) is 12.5 Å². The van der Waals surface area contributed by atoms with Gasteiger partial charge in [0.15, 0.2) is 6.10 Å². The summed E-state index contributed by atoms with van der Waals surface area (Å²) in [6.45, 7) is 0.944. The molecule has 1 rings (SSSR count). The fourth-order valence-electron chi connectivity index (χ4n) is 1.22. The van der Waals surface area contributed by atoms with Crippen LogP contribution in [-0.2, 0) is 14.3 Å². The topological polar surface area (TPSA) is 43.4 Å². The number of rotatable bonds is 3. The lowest BCUT2D eigenvalue weighted by atomic mass is 10.1. The van der Waals surface area contributed by atoms with Crippen molar-refractivity contribution in [1.82, 2.24) is 0 Å². The predicted octanol–water partition coefficient (Wildman–Crippen LogP) is 2.42. The smallest absolute Gasteiger partial charge is 0.449 e. The number of ether oxygens (including phenoxy) is 1. The fraction of sp³-hybridized carbons (Fsp3) is 0.273. The molecule has 1 aromatic rings. The molecule has 0 heterocycles. The molecule has 0 aromatic heterocycles. The number of carbonyl (C=O) groups is 2. The normalized spacial score (nSPS) is 12.9. The van der Waals surface area contributed by atoms with Gasteiger partial charge in [-0.3, -0.25) is 9.59 Å². The first-order valence-electron chi connectivity index (χ1n) is 4.65. The van der Waals surface area contributed by atoms with Crippen molar-refractivity contribution in [3.05, 3.63) is 35.9 Å². The lowest BCUT2D eigenvalue weighted by Gasteiger charge is -2.17. The molecule has 3 nitrogen and oxygen atoms in total. The molecule has 0 bridgehead atoms. The highest BCUT2D eigenvalue weighted by Crippen LogP contribution is 2.28. The number of halogens is 3. The van der Waals surface area contributed by atoms with Crippen LogP contribution in [0.2, 0.25) is 0 Å². The summed E-state index contributed by atoms with van der Waals surface area (Å²) in [6, 6.07) is 7.06. The summed E-state index contributed by atoms with van der Waals surface area (Å²) in [5.74, 6) is -3.05. The van der Waals surface area contributed by atoms with Crippen LogP contribution in [0.4, 0.5) is 13.2 Å². The summed E-state index contributed by atoms with van der Waals surface area (Å²) in [4.78, 5) is 21.8. The predicted molar refractivity (Wildman–Crippen MR) is 52.0 cm³/mol. The van der Waals surface area contributed by atoms with E-state index >= 15 is 0 Å². The molecule has 0 aliphatic carbocycles. The van der Waals surface area contributed by atoms with Crippen LogP contribution in [0.1, 0.15) is 18.6 Å². The summed E-state index contributed by atoms with van der Waals surface area (Å²) in [7, 11) is 0. The average Bonchev–Trinajstić information content (AvgIpc) is 2.24. The van der Waals surface area contributed by atoms with Gasteiger partial charge in [0.2, 0.25) is 0 Å². The van der Waals surface area contributed by atoms with Crippen molar-refractivity contribution in [2.24, 2.45) is 0 Å². The lowest BCUT2D eigenvalue weighted by molar-refractivity contribution is -0.185. The van der Waals surface area contributed by atoms with Gasteiger partial charge >= 0.3 is 12.1 Å². The van der Waals surface area contributed by atoms with Crippen molar-refractivity contribution >= 4 is 11.8 Å². The number of hydrogen-bond acceptors (Lipinski definition) is 3. The van der Waals surface area contributed by atoms with E-state index in [-0.39, 0.29) is 5.56 Å². The first kappa shape index (κ1) is 13.2. The van der Waals surface area contributed by atoms with Gasteiger partial charge in [-0.2, -0.15) is 13.2 Å². The molecule has 0 aliphatic heterocycles. The Morgan fingerprint density at radius 1 is 1.18 bits per heavy atom. The van der Waals surface area contributed by atoms with Crippen LogP contribution < -0.4 is 0 Å². The minimum absolute atomic E-state index is 0.00924. The molecule has 0 aliphatic rings. The Balaban J connectivity index is 3.05. The summed E-state index contributed by atoms with van der Waals surface area (Å²) in [5, 5.41) is 0. The Morgan fingerprint density at radius 3 is 2.12 bits per heavy atom. The second-order valence-electron chi connectivity index (χ2n) is 3.26. The standard InChI is InChI=1S/C11H9F3O3/c1-7(15)17-9(10(16)11(12,13)14)8-5-3-2-4-6-8/h2-6,9H,1H3. The van der Waals surface area contributed by atoms with Crippen molar-refractivity contribution in [1.29, 1.82) is 0 Å². The quantitative estimate of drug-likeness (QED) is 0.769. The molecule has 17 heavy (non-hydrogen) atoms. The van der Waals surface area contributed by atoms with Crippen molar-refractivity contribution < 1.29 is 27.5 Å². The van der Waals surface area contributed by atoms with Crippen molar-refractivity contribution in [2.45, 2.75) is 19.2 Å². The Bertz CT molecular complexity index is 412. The number of carbonyl (C=O) groups excluding carboxylic acids is 2. The molecule has 0 saturated heterocycles. The van der Waals surface area contributed by atoms with Crippen LogP contribution >= 0.6 is 0 Å². The molecule has 1 atom stereocenters. The maximum absolute atomic E-state index is 12.3. The highest BCUT2D eigenvalue weighted by atomic mass is 19.4. The van der Waals surface area contributed by atoms with Crippen LogP contribution in [-0.4, -0.2) is 17.9 Å². The third kappa shape index (κ3) is 3.58. The first-order chi connectivity index (χ1) is 7.82. The van der Waals surface area contributed by atoms with Crippen molar-refractivity contribution in [2.75, 3.05) is 0 Å². The zero-order valence-electron chi connectivity index (χ0n) is 8.82. The van der Waals surface area contributed by atoms with Crippen LogP contribution in [0, 0.1) is 0 Å².